The molecule has 0 heterocycles. The van der Waals surface area contributed by atoms with Gasteiger partial charge in [0, 0.05) is 0 Å². The first kappa shape index (κ1) is 21.3. The monoisotopic (exact) mass is 423 g/mol. The molecule has 1 amide bonds. The van der Waals surface area contributed by atoms with E-state index in [1.807, 2.05) is 24.3 Å². The maximum atomic E-state index is 11.2. The average Bonchev–Trinajstić information content (AvgIpc) is 2.87. The number of hydroxylamine groups is 1. The van der Waals surface area contributed by atoms with Crippen LogP contribution in [-0.4, -0.2) is 17.7 Å². The van der Waals surface area contributed by atoms with Crippen molar-refractivity contribution in [2.45, 2.75) is 12.8 Å². The Labute approximate surface area is 188 Å². The fraction of sp³-hybridized carbons (Fsp3) is 0.107. The predicted molar refractivity (Wildman–Crippen MR) is 127 cm³/mol. The Bertz CT molecular complexity index is 1170. The van der Waals surface area contributed by atoms with Crippen LogP contribution in [0.2, 0.25) is 0 Å². The van der Waals surface area contributed by atoms with E-state index in [0.717, 1.165) is 18.4 Å². The molecule has 160 valence electrons. The summed E-state index contributed by atoms with van der Waals surface area (Å²) < 4.78 is 5.42. The summed E-state index contributed by atoms with van der Waals surface area (Å²) in [6.07, 6.45) is 1.73. The van der Waals surface area contributed by atoms with Crippen molar-refractivity contribution in [1.29, 1.82) is 0 Å². The van der Waals surface area contributed by atoms with E-state index < -0.39 is 5.91 Å². The van der Waals surface area contributed by atoms with E-state index in [0.29, 0.717) is 5.75 Å². The number of aryl methyl sites for hydroxylation is 2. The van der Waals surface area contributed by atoms with Gasteiger partial charge < -0.3 is 4.74 Å². The van der Waals surface area contributed by atoms with Gasteiger partial charge in [-0.3, -0.25) is 10.0 Å². The fourth-order valence-corrected chi connectivity index (χ4v) is 3.73. The summed E-state index contributed by atoms with van der Waals surface area (Å²) in [6, 6.07) is 35.3. The molecule has 0 saturated heterocycles. The van der Waals surface area contributed by atoms with E-state index in [2.05, 4.69) is 72.8 Å². The van der Waals surface area contributed by atoms with Crippen LogP contribution >= 0.6 is 0 Å². The second-order valence-corrected chi connectivity index (χ2v) is 7.58. The number of hydrogen-bond acceptors (Lipinski definition) is 3. The van der Waals surface area contributed by atoms with Gasteiger partial charge in [-0.2, -0.15) is 0 Å². The molecule has 0 aliphatic rings. The molecule has 0 radical (unpaired) electrons. The third-order valence-corrected chi connectivity index (χ3v) is 5.35. The van der Waals surface area contributed by atoms with Crippen LogP contribution in [0.4, 0.5) is 0 Å². The molecule has 0 atom stereocenters. The maximum Gasteiger partial charge on any atom is 0.281 e. The zero-order valence-corrected chi connectivity index (χ0v) is 17.7. The largest absolute Gasteiger partial charge is 0.484 e. The molecule has 0 fully saturated rings. The van der Waals surface area contributed by atoms with Crippen molar-refractivity contribution in [3.63, 3.8) is 0 Å². The number of nitrogens with one attached hydrogen (secondary N) is 1. The Kier molecular flexibility index (Phi) is 6.95. The van der Waals surface area contributed by atoms with Gasteiger partial charge in [0.2, 0.25) is 0 Å². The molecule has 0 aliphatic heterocycles. The van der Waals surface area contributed by atoms with Gasteiger partial charge in [-0.1, -0.05) is 91.0 Å². The molecule has 32 heavy (non-hydrogen) atoms. The highest BCUT2D eigenvalue weighted by molar-refractivity contribution is 5.83. The first-order valence-corrected chi connectivity index (χ1v) is 10.6. The summed E-state index contributed by atoms with van der Waals surface area (Å²) in [6.45, 7) is -0.221. The quantitative estimate of drug-likeness (QED) is 0.283. The first-order valence-electron chi connectivity index (χ1n) is 10.6. The normalized spacial score (nSPS) is 10.5. The van der Waals surface area contributed by atoms with Crippen LogP contribution < -0.4 is 10.2 Å². The van der Waals surface area contributed by atoms with Crippen LogP contribution in [0.25, 0.3) is 22.3 Å². The molecule has 4 nitrogen and oxygen atoms in total. The van der Waals surface area contributed by atoms with E-state index in [1.165, 1.54) is 27.8 Å². The molecule has 4 aromatic rings. The average molecular weight is 424 g/mol. The summed E-state index contributed by atoms with van der Waals surface area (Å²) in [7, 11) is 0. The number of benzene rings is 4. The first-order chi connectivity index (χ1) is 15.7. The van der Waals surface area contributed by atoms with E-state index in [1.54, 1.807) is 11.5 Å². The van der Waals surface area contributed by atoms with Gasteiger partial charge in [-0.25, -0.2) is 5.48 Å². The van der Waals surface area contributed by atoms with Crippen LogP contribution in [0.15, 0.2) is 103 Å². The molecule has 0 bridgehead atoms. The standard InChI is InChI=1S/C28H25NO3/c30-28(29-31)20-32-25-13-7-8-21(18-25)14-15-22-16-17-26(23-9-3-1-4-10-23)27(19-22)24-11-5-2-6-12-24/h1-13,16-19,31H,14-15,20H2,(H,29,30). The SMILES string of the molecule is O=C(COc1cccc(CCc2ccc(-c3ccccc3)c(-c3ccccc3)c2)c1)NO. The summed E-state index contributed by atoms with van der Waals surface area (Å²) in [5.41, 5.74) is 8.80. The highest BCUT2D eigenvalue weighted by Crippen LogP contribution is 2.33. The molecule has 0 saturated carbocycles. The minimum atomic E-state index is -0.581. The molecule has 0 aromatic heterocycles. The van der Waals surface area contributed by atoms with Crippen molar-refractivity contribution < 1.29 is 14.7 Å². The topological polar surface area (TPSA) is 58.6 Å². The molecule has 0 aliphatic carbocycles. The molecule has 4 heteroatoms. The minimum Gasteiger partial charge on any atom is -0.484 e. The molecular weight excluding hydrogens is 398 g/mol. The van der Waals surface area contributed by atoms with Crippen molar-refractivity contribution >= 4 is 5.91 Å². The van der Waals surface area contributed by atoms with Gasteiger partial charge >= 0.3 is 0 Å². The molecule has 4 rings (SSSR count). The Hall–Kier alpha value is -3.89. The highest BCUT2D eigenvalue weighted by Gasteiger charge is 2.09. The lowest BCUT2D eigenvalue weighted by molar-refractivity contribution is -0.131. The Morgan fingerprint density at radius 1 is 0.688 bits per heavy atom. The summed E-state index contributed by atoms with van der Waals surface area (Å²) in [5.74, 6) is 0.0258. The molecule has 4 aromatic carbocycles. The number of hydrogen-bond donors (Lipinski definition) is 2. The molecule has 0 unspecified atom stereocenters. The zero-order chi connectivity index (χ0) is 22.2. The fourth-order valence-electron chi connectivity index (χ4n) is 3.73. The van der Waals surface area contributed by atoms with Gasteiger partial charge in [0.05, 0.1) is 0 Å². The number of carbonyl (C=O) groups is 1. The van der Waals surface area contributed by atoms with Crippen LogP contribution in [0.1, 0.15) is 11.1 Å². The van der Waals surface area contributed by atoms with E-state index >= 15 is 0 Å². The van der Waals surface area contributed by atoms with Crippen LogP contribution in [-0.2, 0) is 17.6 Å². The number of rotatable bonds is 8. The lowest BCUT2D eigenvalue weighted by atomic mass is 9.91. The molecule has 2 N–H and O–H groups in total. The summed E-state index contributed by atoms with van der Waals surface area (Å²) >= 11 is 0. The van der Waals surface area contributed by atoms with Crippen LogP contribution in [0.5, 0.6) is 5.75 Å². The second-order valence-electron chi connectivity index (χ2n) is 7.58. The van der Waals surface area contributed by atoms with Crippen LogP contribution in [0, 0.1) is 0 Å². The number of amides is 1. The number of carbonyl (C=O) groups excluding carboxylic acids is 1. The molecule has 0 spiro atoms. The Balaban J connectivity index is 1.54. The van der Waals surface area contributed by atoms with Crippen molar-refractivity contribution in [2.75, 3.05) is 6.61 Å². The summed E-state index contributed by atoms with van der Waals surface area (Å²) in [5, 5.41) is 8.60. The zero-order valence-electron chi connectivity index (χ0n) is 17.7. The van der Waals surface area contributed by atoms with Crippen molar-refractivity contribution in [3.05, 3.63) is 114 Å². The van der Waals surface area contributed by atoms with E-state index in [4.69, 9.17) is 9.94 Å². The van der Waals surface area contributed by atoms with Gasteiger partial charge in [0.1, 0.15) is 5.75 Å². The lowest BCUT2D eigenvalue weighted by Gasteiger charge is -2.13. The Morgan fingerprint density at radius 3 is 1.97 bits per heavy atom. The smallest absolute Gasteiger partial charge is 0.281 e. The van der Waals surface area contributed by atoms with Crippen molar-refractivity contribution in [1.82, 2.24) is 5.48 Å². The van der Waals surface area contributed by atoms with Gasteiger partial charge in [-0.15, -0.1) is 0 Å². The van der Waals surface area contributed by atoms with Crippen molar-refractivity contribution in [2.24, 2.45) is 0 Å². The van der Waals surface area contributed by atoms with Gasteiger partial charge in [0.25, 0.3) is 5.91 Å². The van der Waals surface area contributed by atoms with Gasteiger partial charge in [-0.05, 0) is 58.4 Å². The predicted octanol–water partition coefficient (Wildman–Crippen LogP) is 5.69. The van der Waals surface area contributed by atoms with E-state index in [9.17, 15) is 4.79 Å². The second kappa shape index (κ2) is 10.4. The van der Waals surface area contributed by atoms with Crippen molar-refractivity contribution in [3.8, 4) is 28.0 Å². The third kappa shape index (κ3) is 5.42. The minimum absolute atomic E-state index is 0.221. The number of ether oxygens (including phenoxy) is 1. The van der Waals surface area contributed by atoms with Gasteiger partial charge in [0.15, 0.2) is 6.61 Å². The molecular formula is C28H25NO3. The van der Waals surface area contributed by atoms with E-state index in [-0.39, 0.29) is 6.61 Å². The Morgan fingerprint density at radius 2 is 1.31 bits per heavy atom. The highest BCUT2D eigenvalue weighted by atomic mass is 16.5. The maximum absolute atomic E-state index is 11.2. The summed E-state index contributed by atoms with van der Waals surface area (Å²) in [4.78, 5) is 11.2. The lowest BCUT2D eigenvalue weighted by Crippen LogP contribution is -2.25. The van der Waals surface area contributed by atoms with Crippen LogP contribution in [0.3, 0.4) is 0 Å². The third-order valence-electron chi connectivity index (χ3n) is 5.35.